The van der Waals surface area contributed by atoms with E-state index in [0.717, 1.165) is 55.8 Å². The van der Waals surface area contributed by atoms with E-state index in [0.29, 0.717) is 0 Å². The first-order chi connectivity index (χ1) is 32.2. The van der Waals surface area contributed by atoms with Crippen molar-refractivity contribution < 1.29 is 4.42 Å². The van der Waals surface area contributed by atoms with Crippen LogP contribution in [-0.2, 0) is 0 Å². The Labute approximate surface area is 376 Å². The Morgan fingerprint density at radius 3 is 1.42 bits per heavy atom. The van der Waals surface area contributed by atoms with E-state index in [2.05, 4.69) is 252 Å². The van der Waals surface area contributed by atoms with Crippen LogP contribution in [0.1, 0.15) is 0 Å². The number of benzene rings is 11. The second kappa shape index (κ2) is 15.0. The monoisotopic (exact) mass is 828 g/mol. The first-order valence-electron chi connectivity index (χ1n) is 22.2. The number of furan rings is 1. The molecule has 304 valence electrons. The number of rotatable bonds is 7. The number of anilines is 3. The standard InChI is InChI=1S/C62H40N2O/c1-3-15-45-39-47(27-25-41(45)13-1)43-29-33-49(34-30-43)63(50-35-31-44(32-36-50)48-28-26-42-14-2-4-16-46(42)40-48)59-38-37-54(62-61(59)55-20-8-12-24-60(55)65-62)53-19-7-11-23-58(53)64-56-21-9-5-17-51(56)52-18-6-10-22-57(52)64/h1-40H. The maximum absolute atomic E-state index is 7.04. The highest BCUT2D eigenvalue weighted by molar-refractivity contribution is 6.18. The molecule has 0 unspecified atom stereocenters. The topological polar surface area (TPSA) is 21.3 Å². The third-order valence-corrected chi connectivity index (χ3v) is 13.2. The predicted molar refractivity (Wildman–Crippen MR) is 274 cm³/mol. The van der Waals surface area contributed by atoms with E-state index in [4.69, 9.17) is 4.42 Å². The van der Waals surface area contributed by atoms with Gasteiger partial charge in [0.15, 0.2) is 0 Å². The van der Waals surface area contributed by atoms with Crippen LogP contribution in [0.25, 0.3) is 104 Å². The summed E-state index contributed by atoms with van der Waals surface area (Å²) in [4.78, 5) is 2.39. The summed E-state index contributed by atoms with van der Waals surface area (Å²) >= 11 is 0. The van der Waals surface area contributed by atoms with Gasteiger partial charge in [-0.1, -0.05) is 170 Å². The van der Waals surface area contributed by atoms with Crippen molar-refractivity contribution in [1.82, 2.24) is 4.57 Å². The molecule has 3 nitrogen and oxygen atoms in total. The van der Waals surface area contributed by atoms with Crippen molar-refractivity contribution in [2.24, 2.45) is 0 Å². The third kappa shape index (κ3) is 6.12. The zero-order valence-corrected chi connectivity index (χ0v) is 35.4. The number of nitrogens with zero attached hydrogens (tertiary/aromatic N) is 2. The summed E-state index contributed by atoms with van der Waals surface area (Å²) < 4.78 is 9.44. The van der Waals surface area contributed by atoms with Crippen LogP contribution in [-0.4, -0.2) is 4.57 Å². The Bertz CT molecular complexity index is 3770. The first-order valence-corrected chi connectivity index (χ1v) is 22.2. The van der Waals surface area contributed by atoms with Crippen LogP contribution in [0.15, 0.2) is 247 Å². The van der Waals surface area contributed by atoms with Crippen molar-refractivity contribution in [2.45, 2.75) is 0 Å². The SMILES string of the molecule is c1ccc(-n2c3ccccc3c3ccccc32)c(-c2ccc(N(c3ccc(-c4ccc5ccccc5c4)cc3)c3ccc(-c4ccc5ccccc5c4)cc3)c3c2oc2ccccc23)c1. The quantitative estimate of drug-likeness (QED) is 0.160. The Kier molecular flexibility index (Phi) is 8.53. The Balaban J connectivity index is 1.01. The molecule has 0 saturated carbocycles. The van der Waals surface area contributed by atoms with Crippen molar-refractivity contribution in [1.29, 1.82) is 0 Å². The van der Waals surface area contributed by atoms with E-state index >= 15 is 0 Å². The van der Waals surface area contributed by atoms with Crippen molar-refractivity contribution >= 4 is 82.4 Å². The van der Waals surface area contributed by atoms with E-state index in [9.17, 15) is 0 Å². The molecule has 0 fully saturated rings. The molecule has 0 atom stereocenters. The fourth-order valence-electron chi connectivity index (χ4n) is 10.1. The summed E-state index contributed by atoms with van der Waals surface area (Å²) in [7, 11) is 0. The molecule has 0 saturated heterocycles. The Hall–Kier alpha value is -8.66. The number of hydrogen-bond donors (Lipinski definition) is 0. The summed E-state index contributed by atoms with van der Waals surface area (Å²) in [6, 6.07) is 87.6. The molecule has 0 aliphatic heterocycles. The van der Waals surface area contributed by atoms with E-state index in [1.807, 2.05) is 0 Å². The normalized spacial score (nSPS) is 11.7. The predicted octanol–water partition coefficient (Wildman–Crippen LogP) is 17.5. The van der Waals surface area contributed by atoms with E-state index < -0.39 is 0 Å². The number of para-hydroxylation sites is 4. The van der Waals surface area contributed by atoms with Gasteiger partial charge in [0.1, 0.15) is 11.2 Å². The van der Waals surface area contributed by atoms with Gasteiger partial charge in [0.25, 0.3) is 0 Å². The van der Waals surface area contributed by atoms with Gasteiger partial charge in [0, 0.05) is 38.7 Å². The van der Waals surface area contributed by atoms with E-state index in [1.54, 1.807) is 0 Å². The lowest BCUT2D eigenvalue weighted by Crippen LogP contribution is -2.10. The lowest BCUT2D eigenvalue weighted by Gasteiger charge is -2.27. The molecule has 13 aromatic rings. The van der Waals surface area contributed by atoms with Crippen LogP contribution in [0.5, 0.6) is 0 Å². The molecule has 11 aromatic carbocycles. The lowest BCUT2D eigenvalue weighted by molar-refractivity contribution is 0.670. The van der Waals surface area contributed by atoms with Gasteiger partial charge in [-0.25, -0.2) is 0 Å². The van der Waals surface area contributed by atoms with Crippen molar-refractivity contribution in [3.05, 3.63) is 243 Å². The summed E-state index contributed by atoms with van der Waals surface area (Å²) in [6.45, 7) is 0. The van der Waals surface area contributed by atoms with Crippen LogP contribution in [0.3, 0.4) is 0 Å². The van der Waals surface area contributed by atoms with Crippen LogP contribution < -0.4 is 4.90 Å². The fourth-order valence-corrected chi connectivity index (χ4v) is 10.1. The average Bonchev–Trinajstić information content (AvgIpc) is 3.93. The summed E-state index contributed by atoms with van der Waals surface area (Å²) in [5.41, 5.74) is 15.1. The van der Waals surface area contributed by atoms with Crippen molar-refractivity contribution in [2.75, 3.05) is 4.90 Å². The molecule has 2 aromatic heterocycles. The molecular weight excluding hydrogens is 789 g/mol. The number of hydrogen-bond acceptors (Lipinski definition) is 2. The van der Waals surface area contributed by atoms with Crippen LogP contribution in [0, 0.1) is 0 Å². The molecule has 0 aliphatic rings. The highest BCUT2D eigenvalue weighted by Crippen LogP contribution is 2.48. The molecular formula is C62H40N2O. The van der Waals surface area contributed by atoms with Gasteiger partial charge in [0.2, 0.25) is 0 Å². The molecule has 0 bridgehead atoms. The van der Waals surface area contributed by atoms with Gasteiger partial charge in [-0.05, 0) is 117 Å². The van der Waals surface area contributed by atoms with Crippen molar-refractivity contribution in [3.8, 4) is 39.1 Å². The molecule has 0 spiro atoms. The number of fused-ring (bicyclic) bond motifs is 8. The average molecular weight is 829 g/mol. The minimum atomic E-state index is 0.850. The fraction of sp³-hybridized carbons (Fsp3) is 0. The molecule has 65 heavy (non-hydrogen) atoms. The smallest absolute Gasteiger partial charge is 0.145 e. The highest BCUT2D eigenvalue weighted by atomic mass is 16.3. The summed E-state index contributed by atoms with van der Waals surface area (Å²) in [5, 5.41) is 9.54. The zero-order chi connectivity index (χ0) is 42.8. The summed E-state index contributed by atoms with van der Waals surface area (Å²) in [6.07, 6.45) is 0. The van der Waals surface area contributed by atoms with Gasteiger partial charge in [-0.15, -0.1) is 0 Å². The van der Waals surface area contributed by atoms with Crippen molar-refractivity contribution in [3.63, 3.8) is 0 Å². The molecule has 0 N–H and O–H groups in total. The highest BCUT2D eigenvalue weighted by Gasteiger charge is 2.24. The lowest BCUT2D eigenvalue weighted by atomic mass is 9.97. The Morgan fingerprint density at radius 1 is 0.338 bits per heavy atom. The maximum Gasteiger partial charge on any atom is 0.145 e. The third-order valence-electron chi connectivity index (χ3n) is 13.2. The second-order valence-corrected chi connectivity index (χ2v) is 16.9. The van der Waals surface area contributed by atoms with E-state index in [1.165, 1.54) is 65.6 Å². The van der Waals surface area contributed by atoms with Gasteiger partial charge in [-0.2, -0.15) is 0 Å². The molecule has 0 radical (unpaired) electrons. The molecule has 3 heteroatoms. The van der Waals surface area contributed by atoms with E-state index in [-0.39, 0.29) is 0 Å². The summed E-state index contributed by atoms with van der Waals surface area (Å²) in [5.74, 6) is 0. The maximum atomic E-state index is 7.04. The molecule has 2 heterocycles. The largest absolute Gasteiger partial charge is 0.455 e. The molecule has 0 amide bonds. The number of aromatic nitrogens is 1. The molecule has 0 aliphatic carbocycles. The second-order valence-electron chi connectivity index (χ2n) is 16.9. The van der Waals surface area contributed by atoms with Crippen LogP contribution in [0.4, 0.5) is 17.1 Å². The van der Waals surface area contributed by atoms with Crippen LogP contribution in [0.2, 0.25) is 0 Å². The minimum Gasteiger partial charge on any atom is -0.455 e. The van der Waals surface area contributed by atoms with Gasteiger partial charge in [0.05, 0.1) is 27.8 Å². The molecule has 13 rings (SSSR count). The first kappa shape index (κ1) is 36.9. The van der Waals surface area contributed by atoms with Gasteiger partial charge in [-0.3, -0.25) is 0 Å². The minimum absolute atomic E-state index is 0.850. The zero-order valence-electron chi connectivity index (χ0n) is 35.4. The van der Waals surface area contributed by atoms with Crippen LogP contribution >= 0.6 is 0 Å². The van der Waals surface area contributed by atoms with Gasteiger partial charge >= 0.3 is 0 Å². The van der Waals surface area contributed by atoms with Gasteiger partial charge < -0.3 is 13.9 Å². The Morgan fingerprint density at radius 2 is 0.815 bits per heavy atom.